The Labute approximate surface area is 738 Å². The van der Waals surface area contributed by atoms with Crippen molar-refractivity contribution in [1.82, 2.24) is 0 Å². The molecule has 0 radical (unpaired) electrons. The molecule has 0 fully saturated rings. The summed E-state index contributed by atoms with van der Waals surface area (Å²) in [6.45, 7) is 35.9. The van der Waals surface area contributed by atoms with Crippen LogP contribution in [0.4, 0.5) is 34.1 Å². The molecular formula is C123H104N2. The molecule has 23 rings (SSSR count). The van der Waals surface area contributed by atoms with Gasteiger partial charge in [-0.05, 0) is 261 Å². The molecule has 0 N–H and O–H groups in total. The van der Waals surface area contributed by atoms with E-state index in [0.717, 1.165) is 34.1 Å². The van der Waals surface area contributed by atoms with Crippen LogP contribution in [-0.4, -0.2) is 0 Å². The van der Waals surface area contributed by atoms with E-state index in [9.17, 15) is 0 Å². The van der Waals surface area contributed by atoms with Gasteiger partial charge in [-0.3, -0.25) is 0 Å². The van der Waals surface area contributed by atoms with Crippen molar-refractivity contribution in [2.75, 3.05) is 9.80 Å². The third kappa shape index (κ3) is 10.7. The largest absolute Gasteiger partial charge is 0.310 e. The first-order chi connectivity index (χ1) is 60.2. The highest BCUT2D eigenvalue weighted by Gasteiger charge is 2.57. The van der Waals surface area contributed by atoms with Crippen molar-refractivity contribution in [2.45, 2.75) is 147 Å². The smallest absolute Gasteiger partial charge is 0.0725 e. The van der Waals surface area contributed by atoms with E-state index >= 15 is 0 Å². The van der Waals surface area contributed by atoms with Crippen LogP contribution in [0.25, 0.3) is 99.8 Å². The first-order valence-corrected chi connectivity index (χ1v) is 45.1. The van der Waals surface area contributed by atoms with Crippen LogP contribution in [0.3, 0.4) is 0 Å². The average Bonchev–Trinajstić information content (AvgIpc) is 1.49. The maximum absolute atomic E-state index is 2.66. The van der Waals surface area contributed by atoms with E-state index in [-0.39, 0.29) is 27.1 Å². The van der Waals surface area contributed by atoms with Crippen LogP contribution in [0.2, 0.25) is 0 Å². The van der Waals surface area contributed by atoms with Crippen molar-refractivity contribution in [3.63, 3.8) is 0 Å². The van der Waals surface area contributed by atoms with E-state index in [1.54, 1.807) is 0 Å². The molecule has 0 heterocycles. The fourth-order valence-electron chi connectivity index (χ4n) is 23.6. The summed E-state index contributed by atoms with van der Waals surface area (Å²) in [5.41, 5.74) is 47.1. The number of para-hydroxylation sites is 3. The molecule has 17 aromatic carbocycles. The summed E-state index contributed by atoms with van der Waals surface area (Å²) in [5, 5.41) is 2.39. The Balaban J connectivity index is 0.723. The third-order valence-corrected chi connectivity index (χ3v) is 29.8. The summed E-state index contributed by atoms with van der Waals surface area (Å²) in [7, 11) is 0. The zero-order chi connectivity index (χ0) is 85.5. The minimum atomic E-state index is -0.726. The fourth-order valence-corrected chi connectivity index (χ4v) is 23.6. The maximum atomic E-state index is 2.66. The molecule has 2 spiro atoms. The van der Waals surface area contributed by atoms with Gasteiger partial charge in [0.2, 0.25) is 0 Å². The lowest BCUT2D eigenvalue weighted by Gasteiger charge is -2.36. The van der Waals surface area contributed by atoms with Gasteiger partial charge in [0, 0.05) is 44.4 Å². The number of anilines is 6. The molecule has 2 nitrogen and oxygen atoms in total. The van der Waals surface area contributed by atoms with E-state index in [4.69, 9.17) is 0 Å². The van der Waals surface area contributed by atoms with Crippen molar-refractivity contribution < 1.29 is 0 Å². The molecule has 125 heavy (non-hydrogen) atoms. The van der Waals surface area contributed by atoms with Crippen LogP contribution in [0.1, 0.15) is 198 Å². The van der Waals surface area contributed by atoms with Gasteiger partial charge in [0.15, 0.2) is 0 Å². The van der Waals surface area contributed by atoms with Crippen molar-refractivity contribution in [3.05, 3.63) is 452 Å². The van der Waals surface area contributed by atoms with E-state index < -0.39 is 16.2 Å². The zero-order valence-corrected chi connectivity index (χ0v) is 74.5. The second kappa shape index (κ2) is 26.8. The highest BCUT2D eigenvalue weighted by atomic mass is 15.2. The predicted molar refractivity (Wildman–Crippen MR) is 527 cm³/mol. The van der Waals surface area contributed by atoms with Crippen LogP contribution in [0.15, 0.2) is 358 Å². The predicted octanol–water partition coefficient (Wildman–Crippen LogP) is 32.6. The van der Waals surface area contributed by atoms with Gasteiger partial charge < -0.3 is 9.80 Å². The molecule has 2 atom stereocenters. The van der Waals surface area contributed by atoms with Gasteiger partial charge in [0.25, 0.3) is 0 Å². The lowest BCUT2D eigenvalue weighted by atomic mass is 9.66. The molecule has 2 unspecified atom stereocenters. The molecule has 0 saturated carbocycles. The van der Waals surface area contributed by atoms with Crippen LogP contribution in [0.5, 0.6) is 0 Å². The minimum Gasteiger partial charge on any atom is -0.310 e. The molecule has 0 bridgehead atoms. The van der Waals surface area contributed by atoms with Gasteiger partial charge in [-0.15, -0.1) is 0 Å². The fraction of sp³-hybridized carbons (Fsp3) is 0.187. The highest BCUT2D eigenvalue weighted by molar-refractivity contribution is 6.08. The minimum absolute atomic E-state index is 0.0555. The molecule has 606 valence electrons. The number of nitrogens with zero attached hydrogens (tertiary/aromatic N) is 2. The van der Waals surface area contributed by atoms with Gasteiger partial charge in [-0.1, -0.05) is 400 Å². The van der Waals surface area contributed by atoms with E-state index in [1.165, 1.54) is 194 Å². The Bertz CT molecular complexity index is 7390. The lowest BCUT2D eigenvalue weighted by molar-refractivity contribution is 0.583. The number of rotatable bonds is 9. The Morgan fingerprint density at radius 2 is 0.544 bits per heavy atom. The molecule has 0 amide bonds. The van der Waals surface area contributed by atoms with Crippen LogP contribution < -0.4 is 9.80 Å². The number of benzene rings is 17. The van der Waals surface area contributed by atoms with Crippen LogP contribution >= 0.6 is 0 Å². The van der Waals surface area contributed by atoms with E-state index in [2.05, 4.69) is 472 Å². The SMILES string of the molecule is CC(C)(C)c1ccc2c(c1)C1(c3ccccc3-c3cc(N(c4ccccc4)c4ccccc4-c4cccc5c4-c4ccccc4C5(C)c4cc(C(C)(C)C)cc5c4-c4ccc(C(C)(C)C)cc4C54c5ccccc5-c5cc(N(c6ccccc6-c6cccc7c6-c6ccccc6C7(C)C)c6cccc7ccccc67)ccc54)ccc31)c1cc(C(C)(C)C)ccc1-2. The number of hydrogen-bond donors (Lipinski definition) is 0. The maximum Gasteiger partial charge on any atom is 0.0725 e. The number of fused-ring (bicyclic) bond motifs is 27. The Kier molecular flexibility index (Phi) is 16.4. The molecule has 6 aliphatic rings. The normalized spacial score (nSPS) is 16.5. The summed E-state index contributed by atoms with van der Waals surface area (Å²) in [6, 6.07) is 140. The molecular weight excluding hydrogens is 1510 g/mol. The number of hydrogen-bond acceptors (Lipinski definition) is 2. The lowest BCUT2D eigenvalue weighted by Crippen LogP contribution is -2.29. The van der Waals surface area contributed by atoms with Gasteiger partial charge in [0.1, 0.15) is 0 Å². The van der Waals surface area contributed by atoms with Gasteiger partial charge in [0.05, 0.1) is 27.9 Å². The quantitative estimate of drug-likeness (QED) is 0.142. The first-order valence-electron chi connectivity index (χ1n) is 45.1. The molecule has 0 aliphatic heterocycles. The van der Waals surface area contributed by atoms with E-state index in [1.807, 2.05) is 0 Å². The molecule has 6 aliphatic carbocycles. The van der Waals surface area contributed by atoms with Crippen molar-refractivity contribution in [2.24, 2.45) is 0 Å². The van der Waals surface area contributed by atoms with Gasteiger partial charge >= 0.3 is 0 Å². The van der Waals surface area contributed by atoms with Crippen LogP contribution in [0, 0.1) is 0 Å². The van der Waals surface area contributed by atoms with Crippen molar-refractivity contribution >= 4 is 44.9 Å². The van der Waals surface area contributed by atoms with Crippen molar-refractivity contribution in [1.29, 1.82) is 0 Å². The standard InChI is InChI=1S/C123H104N2/c1-116(2,3)76-58-63-86-87-64-59-77(117(4,5)6)69-106(87)122(105(86)68-76)99-51-29-21-41-84(99)95-73-81(61-66-101(95)122)124(80-38-17-16-18-39-80)111-55-31-25-43-88(111)91-48-35-54-104-114(91)93-46-24-28-50-98(93)121(104,15)108-71-79(119(10,11)12)72-109-115(108)94-65-60-78(118(7,8)9)70-107(94)123(109)100-52-30-22-42-85(100)96-74-82(62-67-102(96)123)125(110-57-33-37-75-36-19-20-40-83(75)110)112-56-32-26-44-89(112)90-47-34-53-103-113(90)92-45-23-27-49-97(92)120(103,13)14/h16-74H,1-15H3. The second-order valence-electron chi connectivity index (χ2n) is 41.1. The molecule has 0 saturated heterocycles. The average molecular weight is 1610 g/mol. The Morgan fingerprint density at radius 1 is 0.192 bits per heavy atom. The van der Waals surface area contributed by atoms with Crippen molar-refractivity contribution in [3.8, 4) is 89.0 Å². The first kappa shape index (κ1) is 76.5. The summed E-state index contributed by atoms with van der Waals surface area (Å²) in [5.74, 6) is 0. The summed E-state index contributed by atoms with van der Waals surface area (Å²) in [4.78, 5) is 5.13. The van der Waals surface area contributed by atoms with Gasteiger partial charge in [-0.25, -0.2) is 0 Å². The molecule has 17 aromatic rings. The molecule has 2 heteroatoms. The zero-order valence-electron chi connectivity index (χ0n) is 74.5. The Morgan fingerprint density at radius 3 is 1.10 bits per heavy atom. The summed E-state index contributed by atoms with van der Waals surface area (Å²) >= 11 is 0. The monoisotopic (exact) mass is 1610 g/mol. The second-order valence-corrected chi connectivity index (χ2v) is 41.1. The van der Waals surface area contributed by atoms with Crippen LogP contribution in [-0.2, 0) is 43.3 Å². The summed E-state index contributed by atoms with van der Waals surface area (Å²) in [6.07, 6.45) is 0. The van der Waals surface area contributed by atoms with E-state index in [0.29, 0.717) is 0 Å². The third-order valence-electron chi connectivity index (χ3n) is 29.8. The summed E-state index contributed by atoms with van der Waals surface area (Å²) < 4.78 is 0. The van der Waals surface area contributed by atoms with Gasteiger partial charge in [-0.2, -0.15) is 0 Å². The topological polar surface area (TPSA) is 6.48 Å². The highest BCUT2D eigenvalue weighted by Crippen LogP contribution is 2.70. The Hall–Kier alpha value is -13.4. The molecule has 0 aromatic heterocycles.